The number of sulfone groups is 1. The van der Waals surface area contributed by atoms with Gasteiger partial charge in [0.1, 0.15) is 11.5 Å². The molecule has 172 valence electrons. The Labute approximate surface area is 204 Å². The molecule has 0 saturated carbocycles. The molecule has 1 heterocycles. The molecule has 0 unspecified atom stereocenters. The summed E-state index contributed by atoms with van der Waals surface area (Å²) in [6, 6.07) is 15.6. The first kappa shape index (κ1) is 25.8. The fourth-order valence-electron chi connectivity index (χ4n) is 2.98. The van der Waals surface area contributed by atoms with E-state index in [-0.39, 0.29) is 36.3 Å². The zero-order valence-electron chi connectivity index (χ0n) is 17.8. The first-order valence-corrected chi connectivity index (χ1v) is 11.9. The molecule has 0 aliphatic heterocycles. The highest BCUT2D eigenvalue weighted by Crippen LogP contribution is 2.19. The van der Waals surface area contributed by atoms with Crippen molar-refractivity contribution in [3.8, 4) is 11.3 Å². The third-order valence-corrected chi connectivity index (χ3v) is 5.23. The zero-order chi connectivity index (χ0) is 22.3. The van der Waals surface area contributed by atoms with Crippen LogP contribution in [0.3, 0.4) is 0 Å². The number of hydrogen-bond donors (Lipinski definition) is 2. The highest BCUT2D eigenvalue weighted by Gasteiger charge is 2.11. The SMILES string of the molecule is CCNC(=NCc1cc(F)ccc1CS(C)(=O)=O)NCc1cc(-c2ccccc2)on1.I. The summed E-state index contributed by atoms with van der Waals surface area (Å²) in [4.78, 5) is 4.47. The molecule has 0 saturated heterocycles. The van der Waals surface area contributed by atoms with Gasteiger partial charge in [-0.2, -0.15) is 0 Å². The Morgan fingerprint density at radius 3 is 2.53 bits per heavy atom. The Balaban J connectivity index is 0.00000363. The van der Waals surface area contributed by atoms with Crippen molar-refractivity contribution in [1.82, 2.24) is 15.8 Å². The smallest absolute Gasteiger partial charge is 0.191 e. The summed E-state index contributed by atoms with van der Waals surface area (Å²) >= 11 is 0. The Bertz CT molecular complexity index is 1150. The molecule has 10 heteroatoms. The third-order valence-electron chi connectivity index (χ3n) is 4.39. The molecule has 0 radical (unpaired) electrons. The lowest BCUT2D eigenvalue weighted by molar-refractivity contribution is 0.422. The molecule has 0 aliphatic rings. The van der Waals surface area contributed by atoms with Crippen LogP contribution < -0.4 is 10.6 Å². The van der Waals surface area contributed by atoms with Crippen molar-refractivity contribution in [2.75, 3.05) is 12.8 Å². The number of halogens is 2. The van der Waals surface area contributed by atoms with E-state index in [4.69, 9.17) is 4.52 Å². The maximum atomic E-state index is 13.7. The molecule has 0 atom stereocenters. The van der Waals surface area contributed by atoms with Gasteiger partial charge in [-0.3, -0.25) is 0 Å². The predicted octanol–water partition coefficient (Wildman–Crippen LogP) is 3.90. The van der Waals surface area contributed by atoms with Gasteiger partial charge in [0.2, 0.25) is 0 Å². The lowest BCUT2D eigenvalue weighted by Gasteiger charge is -2.11. The fraction of sp³-hybridized carbons (Fsp3) is 0.273. The van der Waals surface area contributed by atoms with E-state index in [1.165, 1.54) is 18.2 Å². The Kier molecular flexibility index (Phi) is 9.63. The number of nitrogens with zero attached hydrogens (tertiary/aromatic N) is 2. The summed E-state index contributed by atoms with van der Waals surface area (Å²) in [5, 5.41) is 10.3. The number of hydrogen-bond acceptors (Lipinski definition) is 5. The van der Waals surface area contributed by atoms with Crippen molar-refractivity contribution in [2.24, 2.45) is 4.99 Å². The number of aromatic nitrogens is 1. The Morgan fingerprint density at radius 2 is 1.84 bits per heavy atom. The Morgan fingerprint density at radius 1 is 1.09 bits per heavy atom. The lowest BCUT2D eigenvalue weighted by Crippen LogP contribution is -2.36. The average Bonchev–Trinajstić information content (AvgIpc) is 3.20. The molecular formula is C22H26FIN4O3S. The average molecular weight is 572 g/mol. The van der Waals surface area contributed by atoms with Crippen LogP contribution in [0.4, 0.5) is 4.39 Å². The highest BCUT2D eigenvalue weighted by atomic mass is 127. The molecule has 0 bridgehead atoms. The van der Waals surface area contributed by atoms with E-state index in [9.17, 15) is 12.8 Å². The largest absolute Gasteiger partial charge is 0.357 e. The van der Waals surface area contributed by atoms with Crippen molar-refractivity contribution in [1.29, 1.82) is 0 Å². The van der Waals surface area contributed by atoms with Crippen LogP contribution in [0.5, 0.6) is 0 Å². The van der Waals surface area contributed by atoms with E-state index in [0.717, 1.165) is 11.8 Å². The fourth-order valence-corrected chi connectivity index (χ4v) is 3.83. The van der Waals surface area contributed by atoms with Crippen molar-refractivity contribution < 1.29 is 17.3 Å². The number of nitrogens with one attached hydrogen (secondary N) is 2. The maximum Gasteiger partial charge on any atom is 0.191 e. The lowest BCUT2D eigenvalue weighted by atomic mass is 10.1. The van der Waals surface area contributed by atoms with Crippen LogP contribution in [0, 0.1) is 5.82 Å². The molecule has 0 fully saturated rings. The van der Waals surface area contributed by atoms with Crippen molar-refractivity contribution in [3.05, 3.63) is 77.2 Å². The van der Waals surface area contributed by atoms with Crippen LogP contribution in [0.15, 0.2) is 64.1 Å². The Hall–Kier alpha value is -2.47. The molecular weight excluding hydrogens is 546 g/mol. The van der Waals surface area contributed by atoms with Crippen LogP contribution in [0.1, 0.15) is 23.7 Å². The summed E-state index contributed by atoms with van der Waals surface area (Å²) in [6.45, 7) is 3.06. The molecule has 3 aromatic rings. The van der Waals surface area contributed by atoms with Crippen LogP contribution in [-0.4, -0.2) is 32.3 Å². The second kappa shape index (κ2) is 12.0. The second-order valence-electron chi connectivity index (χ2n) is 7.08. The van der Waals surface area contributed by atoms with Gasteiger partial charge in [0.05, 0.1) is 18.8 Å². The summed E-state index contributed by atoms with van der Waals surface area (Å²) < 4.78 is 42.5. The first-order chi connectivity index (χ1) is 14.8. The molecule has 2 aromatic carbocycles. The third kappa shape index (κ3) is 7.90. The van der Waals surface area contributed by atoms with Gasteiger partial charge in [-0.15, -0.1) is 24.0 Å². The monoisotopic (exact) mass is 572 g/mol. The topological polar surface area (TPSA) is 96.6 Å². The normalized spacial score (nSPS) is 11.7. The van der Waals surface area contributed by atoms with E-state index in [1.54, 1.807) is 0 Å². The second-order valence-corrected chi connectivity index (χ2v) is 9.22. The minimum Gasteiger partial charge on any atom is -0.357 e. The van der Waals surface area contributed by atoms with Crippen LogP contribution >= 0.6 is 24.0 Å². The van der Waals surface area contributed by atoms with Gasteiger partial charge >= 0.3 is 0 Å². The van der Waals surface area contributed by atoms with Crippen LogP contribution in [0.25, 0.3) is 11.3 Å². The van der Waals surface area contributed by atoms with E-state index < -0.39 is 15.7 Å². The standard InChI is InChI=1S/C22H25FN4O3S.HI/c1-3-24-22(25-13-18-11-19(23)10-9-17(18)15-31(2,28)29)26-14-20-12-21(30-27-20)16-7-5-4-6-8-16;/h4-12H,3,13-15H2,1-2H3,(H2,24,25,26);1H. The van der Waals surface area contributed by atoms with Crippen molar-refractivity contribution in [2.45, 2.75) is 25.8 Å². The quantitative estimate of drug-likeness (QED) is 0.242. The van der Waals surface area contributed by atoms with Gasteiger partial charge in [0, 0.05) is 24.4 Å². The number of guanidine groups is 1. The van der Waals surface area contributed by atoms with Gasteiger partial charge in [-0.05, 0) is 30.2 Å². The van der Waals surface area contributed by atoms with Gasteiger partial charge in [-0.1, -0.05) is 41.6 Å². The summed E-state index contributed by atoms with van der Waals surface area (Å²) in [5.41, 5.74) is 2.70. The highest BCUT2D eigenvalue weighted by molar-refractivity contribution is 14.0. The van der Waals surface area contributed by atoms with Gasteiger partial charge in [0.25, 0.3) is 0 Å². The molecule has 0 aliphatic carbocycles. The predicted molar refractivity (Wildman–Crippen MR) is 134 cm³/mol. The molecule has 7 nitrogen and oxygen atoms in total. The minimum absolute atomic E-state index is 0. The van der Waals surface area contributed by atoms with Gasteiger partial charge in [-0.25, -0.2) is 17.8 Å². The molecule has 2 N–H and O–H groups in total. The van der Waals surface area contributed by atoms with Crippen LogP contribution in [-0.2, 0) is 28.7 Å². The number of benzene rings is 2. The van der Waals surface area contributed by atoms with E-state index in [2.05, 4.69) is 20.8 Å². The van der Waals surface area contributed by atoms with E-state index >= 15 is 0 Å². The number of rotatable bonds is 8. The molecule has 0 amide bonds. The van der Waals surface area contributed by atoms with Gasteiger partial charge < -0.3 is 15.2 Å². The molecule has 1 aromatic heterocycles. The molecule has 3 rings (SSSR count). The summed E-state index contributed by atoms with van der Waals surface area (Å²) in [6.07, 6.45) is 1.15. The van der Waals surface area contributed by atoms with E-state index in [1.807, 2.05) is 43.3 Å². The number of aliphatic imine (C=N–C) groups is 1. The summed E-state index contributed by atoms with van der Waals surface area (Å²) in [5.74, 6) is 0.575. The first-order valence-electron chi connectivity index (χ1n) is 9.82. The summed E-state index contributed by atoms with van der Waals surface area (Å²) in [7, 11) is -3.25. The minimum atomic E-state index is -3.25. The molecule has 32 heavy (non-hydrogen) atoms. The van der Waals surface area contributed by atoms with Crippen LogP contribution in [0.2, 0.25) is 0 Å². The zero-order valence-corrected chi connectivity index (χ0v) is 21.0. The van der Waals surface area contributed by atoms with Gasteiger partial charge in [0.15, 0.2) is 21.6 Å². The maximum absolute atomic E-state index is 13.7. The van der Waals surface area contributed by atoms with Crippen molar-refractivity contribution >= 4 is 39.8 Å². The van der Waals surface area contributed by atoms with Crippen molar-refractivity contribution in [3.63, 3.8) is 0 Å². The molecule has 0 spiro atoms. The van der Waals surface area contributed by atoms with E-state index in [0.29, 0.717) is 41.6 Å².